The number of hydrogen-bond donors (Lipinski definition) is 0. The Balaban J connectivity index is 4.08. The van der Waals surface area contributed by atoms with Gasteiger partial charge in [-0.05, 0) is 6.92 Å². The Morgan fingerprint density at radius 1 is 1.11 bits per heavy atom. The molecule has 0 spiro atoms. The van der Waals surface area contributed by atoms with Gasteiger partial charge in [0.1, 0.15) is 6.61 Å². The van der Waals surface area contributed by atoms with Crippen molar-refractivity contribution < 1.29 is 28.6 Å². The third-order valence-electron chi connectivity index (χ3n) is 1.57. The minimum Gasteiger partial charge on any atom is -0.469 e. The van der Waals surface area contributed by atoms with E-state index in [0.29, 0.717) is 0 Å². The molecule has 0 N–H and O–H groups in total. The molecule has 0 fully saturated rings. The molecule has 0 aliphatic rings. The van der Waals surface area contributed by atoms with Gasteiger partial charge in [0.25, 0.3) is 0 Å². The molecule has 0 aliphatic carbocycles. The molecule has 8 heteroatoms. The van der Waals surface area contributed by atoms with Crippen LogP contribution in [0.1, 0.15) is 13.3 Å². The number of nitrogens with zero attached hydrogens (tertiary/aromatic N) is 2. The van der Waals surface area contributed by atoms with E-state index in [0.717, 1.165) is 13.2 Å². The first-order valence-electron chi connectivity index (χ1n) is 4.91. The summed E-state index contributed by atoms with van der Waals surface area (Å²) >= 11 is 0. The summed E-state index contributed by atoms with van der Waals surface area (Å²) in [5.74, 6) is -1.17. The number of methoxy groups -OCH3 is 2. The van der Waals surface area contributed by atoms with Gasteiger partial charge in [-0.2, -0.15) is 0 Å². The molecule has 0 saturated heterocycles. The van der Waals surface area contributed by atoms with Gasteiger partial charge in [-0.1, -0.05) is 5.11 Å². The zero-order chi connectivity index (χ0) is 14.0. The van der Waals surface area contributed by atoms with Crippen molar-refractivity contribution >= 4 is 18.0 Å². The topological polar surface area (TPSA) is 104 Å². The molecule has 0 heterocycles. The van der Waals surface area contributed by atoms with E-state index in [1.165, 1.54) is 14.0 Å². The molecule has 0 aromatic carbocycles. The highest BCUT2D eigenvalue weighted by Crippen LogP contribution is 1.98. The number of allylic oxidation sites excluding steroid dienone is 1. The minimum absolute atomic E-state index is 0.0290. The molecule has 0 atom stereocenters. The minimum atomic E-state index is -0.873. The van der Waals surface area contributed by atoms with Gasteiger partial charge < -0.3 is 14.2 Å². The van der Waals surface area contributed by atoms with Crippen LogP contribution in [0, 0.1) is 0 Å². The molecule has 0 radical (unpaired) electrons. The molecule has 18 heavy (non-hydrogen) atoms. The zero-order valence-corrected chi connectivity index (χ0v) is 10.3. The number of carbonyl (C=O) groups is 3. The Morgan fingerprint density at radius 2 is 1.78 bits per heavy atom. The third kappa shape index (κ3) is 7.97. The highest BCUT2D eigenvalue weighted by Gasteiger charge is 2.04. The number of ether oxygens (including phenoxy) is 3. The highest BCUT2D eigenvalue weighted by atomic mass is 16.5. The Bertz CT molecular complexity index is 375. The Labute approximate surface area is 104 Å². The monoisotopic (exact) mass is 258 g/mol. The molecule has 0 rings (SSSR count). The lowest BCUT2D eigenvalue weighted by atomic mass is 10.4. The van der Waals surface area contributed by atoms with Crippen LogP contribution in [0.4, 0.5) is 4.79 Å². The third-order valence-corrected chi connectivity index (χ3v) is 1.57. The molecule has 0 aliphatic heterocycles. The first-order valence-corrected chi connectivity index (χ1v) is 4.91. The predicted octanol–water partition coefficient (Wildman–Crippen LogP) is 1.22. The summed E-state index contributed by atoms with van der Waals surface area (Å²) in [6.45, 7) is 1.36. The van der Waals surface area contributed by atoms with E-state index in [1.807, 2.05) is 0 Å². The maximum absolute atomic E-state index is 11.2. The van der Waals surface area contributed by atoms with Crippen LogP contribution in [0.25, 0.3) is 0 Å². The van der Waals surface area contributed by atoms with Crippen molar-refractivity contribution in [2.24, 2.45) is 10.2 Å². The Hall–Kier alpha value is -2.25. The standard InChI is InChI=1S/C10H14N2O6/c1-7(11-12-10(15)17-3)6-9(14)18-5-4-8(13)16-2/h6H,4-5H2,1-3H3/b7-6-,12-11?. The normalized spacial score (nSPS) is 11.2. The molecule has 1 amide bonds. The number of rotatable bonds is 5. The van der Waals surface area contributed by atoms with E-state index < -0.39 is 18.0 Å². The molecule has 0 aromatic heterocycles. The lowest BCUT2D eigenvalue weighted by molar-refractivity contribution is -0.144. The second-order valence-corrected chi connectivity index (χ2v) is 2.95. The Morgan fingerprint density at radius 3 is 2.33 bits per heavy atom. The predicted molar refractivity (Wildman–Crippen MR) is 58.6 cm³/mol. The second kappa shape index (κ2) is 8.85. The van der Waals surface area contributed by atoms with Gasteiger partial charge >= 0.3 is 18.0 Å². The second-order valence-electron chi connectivity index (χ2n) is 2.95. The van der Waals surface area contributed by atoms with Crippen molar-refractivity contribution in [2.75, 3.05) is 20.8 Å². The summed E-state index contributed by atoms with van der Waals surface area (Å²) in [4.78, 5) is 32.5. The van der Waals surface area contributed by atoms with E-state index >= 15 is 0 Å². The van der Waals surface area contributed by atoms with Crippen molar-refractivity contribution in [3.05, 3.63) is 11.8 Å². The smallest absolute Gasteiger partial charge is 0.452 e. The summed E-state index contributed by atoms with van der Waals surface area (Å²) in [5.41, 5.74) is 0.170. The molecule has 8 nitrogen and oxygen atoms in total. The van der Waals surface area contributed by atoms with Crippen molar-refractivity contribution in [2.45, 2.75) is 13.3 Å². The van der Waals surface area contributed by atoms with Gasteiger partial charge in [0.05, 0.1) is 26.3 Å². The summed E-state index contributed by atoms with van der Waals surface area (Å²) in [7, 11) is 2.39. The quantitative estimate of drug-likeness (QED) is 0.318. The van der Waals surface area contributed by atoms with Crippen molar-refractivity contribution in [1.29, 1.82) is 0 Å². The van der Waals surface area contributed by atoms with Gasteiger partial charge in [-0.25, -0.2) is 9.59 Å². The summed E-state index contributed by atoms with van der Waals surface area (Å²) in [6, 6.07) is 0. The average Bonchev–Trinajstić information content (AvgIpc) is 2.35. The number of amides is 1. The van der Waals surface area contributed by atoms with Crippen LogP contribution in [0.3, 0.4) is 0 Å². The molecule has 0 aromatic rings. The molecular formula is C10H14N2O6. The zero-order valence-electron chi connectivity index (χ0n) is 10.3. The maximum Gasteiger partial charge on any atom is 0.452 e. The van der Waals surface area contributed by atoms with E-state index in [9.17, 15) is 14.4 Å². The maximum atomic E-state index is 11.2. The lowest BCUT2D eigenvalue weighted by Crippen LogP contribution is -2.09. The SMILES string of the molecule is COC(=O)CCOC(=O)/C=C(/C)N=NC(=O)OC. The van der Waals surface area contributed by atoms with Crippen LogP contribution in [0.15, 0.2) is 22.0 Å². The molecule has 0 bridgehead atoms. The van der Waals surface area contributed by atoms with Gasteiger partial charge in [0, 0.05) is 6.08 Å². The van der Waals surface area contributed by atoms with Crippen molar-refractivity contribution in [3.63, 3.8) is 0 Å². The fourth-order valence-electron chi connectivity index (χ4n) is 0.739. The van der Waals surface area contributed by atoms with Crippen molar-refractivity contribution in [3.8, 4) is 0 Å². The van der Waals surface area contributed by atoms with Gasteiger partial charge in [0.2, 0.25) is 0 Å². The fourth-order valence-corrected chi connectivity index (χ4v) is 0.739. The van der Waals surface area contributed by atoms with Crippen molar-refractivity contribution in [1.82, 2.24) is 0 Å². The Kier molecular flexibility index (Phi) is 7.74. The van der Waals surface area contributed by atoms with Crippen LogP contribution in [0.5, 0.6) is 0 Å². The van der Waals surface area contributed by atoms with E-state index in [-0.39, 0.29) is 18.7 Å². The number of carbonyl (C=O) groups excluding carboxylic acids is 3. The van der Waals surface area contributed by atoms with Crippen LogP contribution >= 0.6 is 0 Å². The molecule has 100 valence electrons. The average molecular weight is 258 g/mol. The lowest BCUT2D eigenvalue weighted by Gasteiger charge is -2.00. The van der Waals surface area contributed by atoms with Gasteiger partial charge in [0.15, 0.2) is 0 Å². The van der Waals surface area contributed by atoms with Crippen LogP contribution in [-0.4, -0.2) is 38.9 Å². The number of azo groups is 1. The van der Waals surface area contributed by atoms with E-state index in [4.69, 9.17) is 0 Å². The molecule has 0 unspecified atom stereocenters. The molecule has 0 saturated carbocycles. The fraction of sp³-hybridized carbons (Fsp3) is 0.500. The van der Waals surface area contributed by atoms with E-state index in [1.54, 1.807) is 0 Å². The van der Waals surface area contributed by atoms with Crippen LogP contribution in [0.2, 0.25) is 0 Å². The van der Waals surface area contributed by atoms with Crippen LogP contribution < -0.4 is 0 Å². The first-order chi connectivity index (χ1) is 8.49. The first kappa shape index (κ1) is 15.8. The summed E-state index contributed by atoms with van der Waals surface area (Å²) < 4.78 is 13.3. The van der Waals surface area contributed by atoms with Crippen LogP contribution in [-0.2, 0) is 23.8 Å². The number of esters is 2. The van der Waals surface area contributed by atoms with E-state index in [2.05, 4.69) is 24.4 Å². The summed E-state index contributed by atoms with van der Waals surface area (Å²) in [6.07, 6.45) is 0.129. The van der Waals surface area contributed by atoms with Gasteiger partial charge in [-0.15, -0.1) is 5.11 Å². The van der Waals surface area contributed by atoms with Gasteiger partial charge in [-0.3, -0.25) is 4.79 Å². The highest BCUT2D eigenvalue weighted by molar-refractivity contribution is 5.83. The molecular weight excluding hydrogens is 244 g/mol. The number of hydrogen-bond acceptors (Lipinski definition) is 7. The largest absolute Gasteiger partial charge is 0.469 e. The summed E-state index contributed by atoms with van der Waals surface area (Å²) in [5, 5.41) is 6.54.